The van der Waals surface area contributed by atoms with E-state index in [-0.39, 0.29) is 32.6 Å². The van der Waals surface area contributed by atoms with Crippen molar-refractivity contribution in [1.29, 1.82) is 0 Å². The maximum Gasteiger partial charge on any atom is 2.00 e. The summed E-state index contributed by atoms with van der Waals surface area (Å²) in [6.07, 6.45) is 0. The first kappa shape index (κ1) is 20.6. The largest absolute Gasteiger partial charge is 2.00 e. The van der Waals surface area contributed by atoms with Crippen molar-refractivity contribution >= 4 is 37.2 Å². The molecule has 4 N–H and O–H groups in total. The first-order valence-electron chi connectivity index (χ1n) is 3.51. The van der Waals surface area contributed by atoms with Gasteiger partial charge in [0.15, 0.2) is 0 Å². The maximum atomic E-state index is 9.65. The first-order valence-corrected chi connectivity index (χ1v) is 4.77. The summed E-state index contributed by atoms with van der Waals surface area (Å²) in [5.41, 5.74) is 9.75. The van der Waals surface area contributed by atoms with Crippen molar-refractivity contribution in [3.63, 3.8) is 0 Å². The molecule has 0 aromatic heterocycles. The number of carboxylic acid groups (broad SMARTS) is 2. The Kier molecular flexibility index (Phi) is 16.9. The molecule has 0 aromatic rings. The molecule has 9 heteroatoms. The third-order valence-corrected chi connectivity index (χ3v) is 1.79. The Morgan fingerprint density at radius 3 is 1.20 bits per heavy atom. The molecule has 2 atom stereocenters. The van der Waals surface area contributed by atoms with Gasteiger partial charge in [0.2, 0.25) is 0 Å². The number of hydrogen-bond acceptors (Lipinski definition) is 8. The number of carbonyl (C=O) groups excluding carboxylic acids is 2. The van der Waals surface area contributed by atoms with Gasteiger partial charge in [-0.2, -0.15) is 25.3 Å². The van der Waals surface area contributed by atoms with Crippen LogP contribution in [0, 0.1) is 0 Å². The summed E-state index contributed by atoms with van der Waals surface area (Å²) in [6, 6.07) is -1.85. The smallest absolute Gasteiger partial charge is 0.548 e. The van der Waals surface area contributed by atoms with Crippen LogP contribution in [0.5, 0.6) is 0 Å². The monoisotopic (exact) mass is 435 g/mol. The summed E-state index contributed by atoms with van der Waals surface area (Å²) in [6.45, 7) is 0. The predicted molar refractivity (Wildman–Crippen MR) is 53.7 cm³/mol. The van der Waals surface area contributed by atoms with Gasteiger partial charge in [-0.15, -0.1) is 0 Å². The molecule has 0 saturated carbocycles. The second-order valence-electron chi connectivity index (χ2n) is 2.22. The Labute approximate surface area is 113 Å². The van der Waals surface area contributed by atoms with E-state index in [9.17, 15) is 19.8 Å². The SMILES string of the molecule is N[C@@H](CS)C(=O)[O-].N[C@@H](CS)C(=O)[O-].[Pt+2]. The van der Waals surface area contributed by atoms with Crippen LogP contribution in [0.15, 0.2) is 0 Å². The zero-order valence-corrected chi connectivity index (χ0v) is 11.6. The van der Waals surface area contributed by atoms with Crippen LogP contribution in [0.2, 0.25) is 0 Å². The van der Waals surface area contributed by atoms with E-state index in [1.807, 2.05) is 0 Å². The molecule has 0 amide bonds. The Morgan fingerprint density at radius 1 is 1.00 bits per heavy atom. The Hall–Kier alpha value is 0.248. The molecule has 0 aliphatic carbocycles. The fourth-order valence-electron chi connectivity index (χ4n) is 0.149. The third kappa shape index (κ3) is 14.2. The molecular weight excluding hydrogens is 423 g/mol. The Balaban J connectivity index is -0.000000180. The summed E-state index contributed by atoms with van der Waals surface area (Å²) < 4.78 is 0. The Bertz CT molecular complexity index is 176. The summed E-state index contributed by atoms with van der Waals surface area (Å²) in [5.74, 6) is -2.25. The second kappa shape index (κ2) is 12.3. The molecule has 0 aromatic carbocycles. The second-order valence-corrected chi connectivity index (χ2v) is 2.95. The van der Waals surface area contributed by atoms with E-state index >= 15 is 0 Å². The van der Waals surface area contributed by atoms with E-state index < -0.39 is 24.0 Å². The molecule has 0 spiro atoms. The van der Waals surface area contributed by atoms with Crippen LogP contribution < -0.4 is 21.7 Å². The van der Waals surface area contributed by atoms with Gasteiger partial charge in [0.1, 0.15) is 0 Å². The Morgan fingerprint density at radius 2 is 1.20 bits per heavy atom. The molecule has 0 heterocycles. The standard InChI is InChI=1S/2C3H7NO2S.Pt/c2*4-2(1-7)3(5)6;/h2*2,7H,1,4H2,(H,5,6);/q;;+2/p-2/t2*2-;/m00./s1. The minimum Gasteiger partial charge on any atom is -0.548 e. The van der Waals surface area contributed by atoms with E-state index in [0.29, 0.717) is 0 Å². The van der Waals surface area contributed by atoms with Gasteiger partial charge in [0, 0.05) is 11.5 Å². The van der Waals surface area contributed by atoms with Crippen molar-refractivity contribution in [2.75, 3.05) is 11.5 Å². The molecule has 0 aliphatic rings. The number of thiol groups is 2. The van der Waals surface area contributed by atoms with Crippen LogP contribution >= 0.6 is 25.3 Å². The molecule has 0 saturated heterocycles. The minimum atomic E-state index is -1.25. The molecule has 6 nitrogen and oxygen atoms in total. The molecule has 0 radical (unpaired) electrons. The number of carbonyl (C=O) groups is 2. The number of nitrogens with two attached hydrogens (primary N) is 2. The van der Waals surface area contributed by atoms with Crippen molar-refractivity contribution in [3.8, 4) is 0 Å². The third-order valence-electron chi connectivity index (χ3n) is 0.999. The van der Waals surface area contributed by atoms with Gasteiger partial charge in [-0.1, -0.05) is 0 Å². The fourth-order valence-corrected chi connectivity index (χ4v) is 0.447. The molecule has 0 aliphatic heterocycles. The summed E-state index contributed by atoms with van der Waals surface area (Å²) >= 11 is 7.22. The van der Waals surface area contributed by atoms with Crippen LogP contribution in [0.1, 0.15) is 0 Å². The topological polar surface area (TPSA) is 132 Å². The van der Waals surface area contributed by atoms with E-state index in [4.69, 9.17) is 11.5 Å². The molecule has 0 unspecified atom stereocenters. The van der Waals surface area contributed by atoms with E-state index in [1.54, 1.807) is 0 Å². The molecule has 0 rings (SSSR count). The molecule has 92 valence electrons. The summed E-state index contributed by atoms with van der Waals surface area (Å²) in [4.78, 5) is 19.3. The quantitative estimate of drug-likeness (QED) is 0.333. The summed E-state index contributed by atoms with van der Waals surface area (Å²) in [7, 11) is 0. The predicted octanol–water partition coefficient (Wildman–Crippen LogP) is -4.02. The van der Waals surface area contributed by atoms with Crippen molar-refractivity contribution < 1.29 is 40.9 Å². The number of rotatable bonds is 4. The van der Waals surface area contributed by atoms with Gasteiger partial charge < -0.3 is 31.3 Å². The first-order chi connectivity index (χ1) is 6.36. The van der Waals surface area contributed by atoms with Crippen LogP contribution in [0.3, 0.4) is 0 Å². The minimum absolute atomic E-state index is 0. The summed E-state index contributed by atoms with van der Waals surface area (Å²) in [5, 5.41) is 19.3. The van der Waals surface area contributed by atoms with Gasteiger partial charge in [-0.25, -0.2) is 0 Å². The van der Waals surface area contributed by atoms with Crippen molar-refractivity contribution in [2.24, 2.45) is 11.5 Å². The average molecular weight is 435 g/mol. The van der Waals surface area contributed by atoms with E-state index in [0.717, 1.165) is 0 Å². The van der Waals surface area contributed by atoms with Gasteiger partial charge in [0.25, 0.3) is 0 Å². The molecule has 15 heavy (non-hydrogen) atoms. The zero-order chi connectivity index (χ0) is 11.7. The number of carboxylic acids is 2. The maximum absolute atomic E-state index is 9.65. The van der Waals surface area contributed by atoms with Crippen LogP contribution in [0.25, 0.3) is 0 Å². The normalized spacial score (nSPS) is 12.5. The molecular formula is C6H12N2O4PtS2. The van der Waals surface area contributed by atoms with Gasteiger partial charge >= 0.3 is 21.1 Å². The molecule has 0 fully saturated rings. The van der Waals surface area contributed by atoms with Crippen molar-refractivity contribution in [2.45, 2.75) is 12.1 Å². The average Bonchev–Trinajstić information content (AvgIpc) is 2.15. The van der Waals surface area contributed by atoms with Crippen molar-refractivity contribution in [3.05, 3.63) is 0 Å². The van der Waals surface area contributed by atoms with Gasteiger partial charge in [-0.05, 0) is 0 Å². The van der Waals surface area contributed by atoms with Crippen LogP contribution in [0.4, 0.5) is 0 Å². The number of aliphatic carboxylic acids is 2. The van der Waals surface area contributed by atoms with Gasteiger partial charge in [-0.3, -0.25) is 0 Å². The zero-order valence-electron chi connectivity index (χ0n) is 7.57. The molecule has 0 bridgehead atoms. The fraction of sp³-hybridized carbons (Fsp3) is 0.667. The number of hydrogen-bond donors (Lipinski definition) is 4. The van der Waals surface area contributed by atoms with Crippen molar-refractivity contribution in [1.82, 2.24) is 0 Å². The van der Waals surface area contributed by atoms with Crippen LogP contribution in [-0.4, -0.2) is 35.5 Å². The van der Waals surface area contributed by atoms with Crippen LogP contribution in [-0.2, 0) is 30.7 Å². The van der Waals surface area contributed by atoms with E-state index in [2.05, 4.69) is 25.3 Å². The van der Waals surface area contributed by atoms with E-state index in [1.165, 1.54) is 0 Å². The van der Waals surface area contributed by atoms with Gasteiger partial charge in [0.05, 0.1) is 24.0 Å².